The van der Waals surface area contributed by atoms with Crippen molar-refractivity contribution < 1.29 is 18.7 Å². The Kier molecular flexibility index (Phi) is 5.19. The minimum Gasteiger partial charge on any atom is -0.395 e. The van der Waals surface area contributed by atoms with E-state index in [0.29, 0.717) is 22.3 Å². The summed E-state index contributed by atoms with van der Waals surface area (Å²) in [6.45, 7) is 0.137. The largest absolute Gasteiger partial charge is 0.395 e. The molecular formula is C13H16F2N2O2S. The molecule has 0 bridgehead atoms. The van der Waals surface area contributed by atoms with E-state index in [2.05, 4.69) is 5.32 Å². The normalized spacial score (nSPS) is 14.4. The van der Waals surface area contributed by atoms with Crippen LogP contribution in [0, 0.1) is 0 Å². The van der Waals surface area contributed by atoms with Gasteiger partial charge >= 0.3 is 6.03 Å². The van der Waals surface area contributed by atoms with E-state index in [-0.39, 0.29) is 25.2 Å². The summed E-state index contributed by atoms with van der Waals surface area (Å²) < 4.78 is 24.9. The molecule has 0 unspecified atom stereocenters. The molecule has 1 aromatic rings. The van der Waals surface area contributed by atoms with Crippen molar-refractivity contribution in [1.29, 1.82) is 0 Å². The first kappa shape index (κ1) is 15.1. The number of rotatable bonds is 6. The number of alkyl halides is 2. The highest BCUT2D eigenvalue weighted by Gasteiger charge is 2.32. The fourth-order valence-corrected chi connectivity index (χ4v) is 2.49. The Morgan fingerprint density at radius 3 is 2.75 bits per heavy atom. The van der Waals surface area contributed by atoms with E-state index in [1.165, 1.54) is 0 Å². The quantitative estimate of drug-likeness (QED) is 0.794. The van der Waals surface area contributed by atoms with Gasteiger partial charge in [0.1, 0.15) is 0 Å². The van der Waals surface area contributed by atoms with Crippen LogP contribution in [0.2, 0.25) is 0 Å². The standard InChI is InChI=1S/C13H16F2N2O2S/c14-12(15)20-11-4-2-1-3-10(11)16-13(19)17(7-8-18)9-5-6-9/h1-4,9,12,18H,5-8H2,(H,16,19). The van der Waals surface area contributed by atoms with Gasteiger partial charge in [-0.05, 0) is 25.0 Å². The summed E-state index contributed by atoms with van der Waals surface area (Å²) in [6.07, 6.45) is 1.84. The summed E-state index contributed by atoms with van der Waals surface area (Å²) in [5.74, 6) is -2.54. The minimum absolute atomic E-state index is 0.114. The van der Waals surface area contributed by atoms with Crippen LogP contribution in [0.1, 0.15) is 12.8 Å². The van der Waals surface area contributed by atoms with Crippen molar-refractivity contribution in [3.8, 4) is 0 Å². The molecule has 2 amide bonds. The SMILES string of the molecule is O=C(Nc1ccccc1SC(F)F)N(CCO)C1CC1. The van der Waals surface area contributed by atoms with Crippen LogP contribution in [-0.4, -0.2) is 41.0 Å². The molecule has 7 heteroatoms. The Balaban J connectivity index is 2.06. The minimum atomic E-state index is -2.54. The van der Waals surface area contributed by atoms with E-state index >= 15 is 0 Å². The van der Waals surface area contributed by atoms with Gasteiger partial charge in [-0.3, -0.25) is 0 Å². The second-order valence-electron chi connectivity index (χ2n) is 4.45. The molecule has 1 aromatic carbocycles. The summed E-state index contributed by atoms with van der Waals surface area (Å²) >= 11 is 0.400. The first-order valence-corrected chi connectivity index (χ1v) is 7.22. The number of nitrogens with one attached hydrogen (secondary N) is 1. The third-order valence-corrected chi connectivity index (χ3v) is 3.72. The molecule has 0 aliphatic heterocycles. The van der Waals surface area contributed by atoms with Crippen LogP contribution in [0.3, 0.4) is 0 Å². The van der Waals surface area contributed by atoms with Gasteiger partial charge in [0.05, 0.1) is 12.3 Å². The third-order valence-electron chi connectivity index (χ3n) is 2.93. The van der Waals surface area contributed by atoms with E-state index in [1.54, 1.807) is 29.2 Å². The van der Waals surface area contributed by atoms with Crippen LogP contribution < -0.4 is 5.32 Å². The Morgan fingerprint density at radius 1 is 1.45 bits per heavy atom. The lowest BCUT2D eigenvalue weighted by Crippen LogP contribution is -2.38. The van der Waals surface area contributed by atoms with Gasteiger partial charge in [0, 0.05) is 17.5 Å². The highest BCUT2D eigenvalue weighted by atomic mass is 32.2. The van der Waals surface area contributed by atoms with Crippen LogP contribution in [0.15, 0.2) is 29.2 Å². The van der Waals surface area contributed by atoms with Crippen LogP contribution in [-0.2, 0) is 0 Å². The summed E-state index contributed by atoms with van der Waals surface area (Å²) in [4.78, 5) is 14.0. The maximum atomic E-state index is 12.5. The molecule has 2 rings (SSSR count). The van der Waals surface area contributed by atoms with Gasteiger partial charge in [-0.2, -0.15) is 8.78 Å². The van der Waals surface area contributed by atoms with Crippen LogP contribution in [0.4, 0.5) is 19.3 Å². The predicted molar refractivity (Wildman–Crippen MR) is 74.1 cm³/mol. The topological polar surface area (TPSA) is 52.6 Å². The number of benzene rings is 1. The zero-order valence-electron chi connectivity index (χ0n) is 10.8. The average Bonchev–Trinajstić information content (AvgIpc) is 3.22. The van der Waals surface area contributed by atoms with Gasteiger partial charge < -0.3 is 15.3 Å². The van der Waals surface area contributed by atoms with Crippen molar-refractivity contribution in [3.05, 3.63) is 24.3 Å². The lowest BCUT2D eigenvalue weighted by atomic mass is 10.3. The van der Waals surface area contributed by atoms with Gasteiger partial charge in [-0.1, -0.05) is 23.9 Å². The van der Waals surface area contributed by atoms with E-state index in [4.69, 9.17) is 5.11 Å². The van der Waals surface area contributed by atoms with Crippen molar-refractivity contribution in [2.24, 2.45) is 0 Å². The van der Waals surface area contributed by atoms with E-state index in [0.717, 1.165) is 12.8 Å². The Labute approximate surface area is 120 Å². The number of para-hydroxylation sites is 1. The number of halogens is 2. The number of urea groups is 1. The molecule has 2 N–H and O–H groups in total. The maximum absolute atomic E-state index is 12.5. The molecule has 0 radical (unpaired) electrons. The number of aliphatic hydroxyl groups excluding tert-OH is 1. The first-order chi connectivity index (χ1) is 9.61. The summed E-state index contributed by atoms with van der Waals surface area (Å²) in [5.41, 5.74) is 0.367. The Bertz CT molecular complexity index is 469. The molecule has 110 valence electrons. The number of nitrogens with zero attached hydrogens (tertiary/aromatic N) is 1. The van der Waals surface area contributed by atoms with Gasteiger partial charge in [-0.25, -0.2) is 4.79 Å². The number of carbonyl (C=O) groups excluding carboxylic acids is 1. The number of hydrogen-bond donors (Lipinski definition) is 2. The molecule has 0 spiro atoms. The number of carbonyl (C=O) groups is 1. The Morgan fingerprint density at radius 2 is 2.15 bits per heavy atom. The van der Waals surface area contributed by atoms with Gasteiger partial charge in [-0.15, -0.1) is 0 Å². The summed E-state index contributed by atoms with van der Waals surface area (Å²) in [7, 11) is 0. The fraction of sp³-hybridized carbons (Fsp3) is 0.462. The van der Waals surface area contributed by atoms with Crippen molar-refractivity contribution in [1.82, 2.24) is 4.90 Å². The highest BCUT2D eigenvalue weighted by molar-refractivity contribution is 7.99. The van der Waals surface area contributed by atoms with Crippen LogP contribution >= 0.6 is 11.8 Å². The number of aliphatic hydroxyl groups is 1. The second kappa shape index (κ2) is 6.90. The van der Waals surface area contributed by atoms with Gasteiger partial charge in [0.15, 0.2) is 0 Å². The summed E-state index contributed by atoms with van der Waals surface area (Å²) in [6, 6.07) is 6.25. The molecule has 0 heterocycles. The lowest BCUT2D eigenvalue weighted by Gasteiger charge is -2.22. The molecule has 1 saturated carbocycles. The zero-order valence-corrected chi connectivity index (χ0v) is 11.6. The van der Waals surface area contributed by atoms with Crippen molar-refractivity contribution in [3.63, 3.8) is 0 Å². The van der Waals surface area contributed by atoms with E-state index < -0.39 is 5.76 Å². The molecule has 1 fully saturated rings. The van der Waals surface area contributed by atoms with Crippen LogP contribution in [0.5, 0.6) is 0 Å². The molecule has 1 aliphatic carbocycles. The number of thioether (sulfide) groups is 1. The number of anilines is 1. The third kappa shape index (κ3) is 4.08. The lowest BCUT2D eigenvalue weighted by molar-refractivity contribution is 0.185. The van der Waals surface area contributed by atoms with Gasteiger partial charge in [0.25, 0.3) is 5.76 Å². The predicted octanol–water partition coefficient (Wildman–Crippen LogP) is 2.99. The Hall–Kier alpha value is -1.34. The van der Waals surface area contributed by atoms with Crippen molar-refractivity contribution >= 4 is 23.5 Å². The maximum Gasteiger partial charge on any atom is 0.322 e. The molecule has 1 aliphatic rings. The monoisotopic (exact) mass is 302 g/mol. The smallest absolute Gasteiger partial charge is 0.322 e. The average molecular weight is 302 g/mol. The van der Waals surface area contributed by atoms with Crippen LogP contribution in [0.25, 0.3) is 0 Å². The molecule has 4 nitrogen and oxygen atoms in total. The van der Waals surface area contributed by atoms with Crippen molar-refractivity contribution in [2.45, 2.75) is 29.5 Å². The first-order valence-electron chi connectivity index (χ1n) is 6.34. The van der Waals surface area contributed by atoms with E-state index in [9.17, 15) is 13.6 Å². The number of amides is 2. The zero-order chi connectivity index (χ0) is 14.5. The number of hydrogen-bond acceptors (Lipinski definition) is 3. The molecular weight excluding hydrogens is 286 g/mol. The van der Waals surface area contributed by atoms with Gasteiger partial charge in [0.2, 0.25) is 0 Å². The molecule has 20 heavy (non-hydrogen) atoms. The molecule has 0 aromatic heterocycles. The van der Waals surface area contributed by atoms with E-state index in [1.807, 2.05) is 0 Å². The molecule has 0 saturated heterocycles. The highest BCUT2D eigenvalue weighted by Crippen LogP contribution is 2.32. The fourth-order valence-electron chi connectivity index (χ4n) is 1.90. The second-order valence-corrected chi connectivity index (χ2v) is 5.48. The molecule has 0 atom stereocenters. The summed E-state index contributed by atoms with van der Waals surface area (Å²) in [5, 5.41) is 11.6. The van der Waals surface area contributed by atoms with Crippen molar-refractivity contribution in [2.75, 3.05) is 18.5 Å².